The number of carbonyl (C=O) groups is 1. The Balaban J connectivity index is 2.55. The average molecular weight is 230 g/mol. The van der Waals surface area contributed by atoms with Crippen LogP contribution in [0.25, 0.3) is 0 Å². The highest BCUT2D eigenvalue weighted by atomic mass is 32.2. The SMILES string of the molecule is Cc1nonc1CSC(C(=O)O)C(C)C. The van der Waals surface area contributed by atoms with Gasteiger partial charge < -0.3 is 5.11 Å². The minimum atomic E-state index is -0.788. The summed E-state index contributed by atoms with van der Waals surface area (Å²) in [5.41, 5.74) is 1.43. The minimum Gasteiger partial charge on any atom is -0.480 e. The Hall–Kier alpha value is -1.04. The normalized spacial score (nSPS) is 13.1. The smallest absolute Gasteiger partial charge is 0.316 e. The number of carboxylic acids is 1. The topological polar surface area (TPSA) is 76.2 Å². The molecule has 0 aliphatic heterocycles. The molecule has 0 aliphatic carbocycles. The van der Waals surface area contributed by atoms with Gasteiger partial charge in [0.05, 0.1) is 0 Å². The molecule has 1 heterocycles. The Morgan fingerprint density at radius 1 is 1.53 bits per heavy atom. The first-order chi connectivity index (χ1) is 7.02. The molecule has 0 aliphatic rings. The van der Waals surface area contributed by atoms with E-state index < -0.39 is 11.2 Å². The second-order valence-corrected chi connectivity index (χ2v) is 4.74. The zero-order chi connectivity index (χ0) is 11.4. The van der Waals surface area contributed by atoms with Crippen molar-refractivity contribution in [3.63, 3.8) is 0 Å². The molecule has 1 rings (SSSR count). The fourth-order valence-electron chi connectivity index (χ4n) is 1.10. The molecule has 0 aromatic carbocycles. The van der Waals surface area contributed by atoms with E-state index in [9.17, 15) is 4.79 Å². The van der Waals surface area contributed by atoms with Crippen molar-refractivity contribution in [2.75, 3.05) is 0 Å². The lowest BCUT2D eigenvalue weighted by atomic mass is 10.1. The van der Waals surface area contributed by atoms with Crippen molar-refractivity contribution in [2.24, 2.45) is 5.92 Å². The van der Waals surface area contributed by atoms with Crippen LogP contribution in [0, 0.1) is 12.8 Å². The molecule has 84 valence electrons. The van der Waals surface area contributed by atoms with Gasteiger partial charge in [0.2, 0.25) is 0 Å². The van der Waals surface area contributed by atoms with E-state index in [1.54, 1.807) is 6.92 Å². The van der Waals surface area contributed by atoms with E-state index in [4.69, 9.17) is 5.11 Å². The van der Waals surface area contributed by atoms with Crippen LogP contribution in [0.2, 0.25) is 0 Å². The summed E-state index contributed by atoms with van der Waals surface area (Å²) in [7, 11) is 0. The number of rotatable bonds is 5. The minimum absolute atomic E-state index is 0.0904. The molecule has 5 nitrogen and oxygen atoms in total. The Bertz CT molecular complexity index is 338. The molecule has 15 heavy (non-hydrogen) atoms. The number of carboxylic acid groups (broad SMARTS) is 1. The van der Waals surface area contributed by atoms with Crippen LogP contribution in [0.4, 0.5) is 0 Å². The van der Waals surface area contributed by atoms with Crippen LogP contribution in [-0.2, 0) is 10.5 Å². The zero-order valence-electron chi connectivity index (χ0n) is 8.93. The maximum Gasteiger partial charge on any atom is 0.316 e. The van der Waals surface area contributed by atoms with Gasteiger partial charge in [-0.25, -0.2) is 4.63 Å². The molecule has 1 atom stereocenters. The largest absolute Gasteiger partial charge is 0.480 e. The van der Waals surface area contributed by atoms with Crippen LogP contribution in [0.1, 0.15) is 25.2 Å². The molecule has 1 N–H and O–H groups in total. The van der Waals surface area contributed by atoms with E-state index >= 15 is 0 Å². The van der Waals surface area contributed by atoms with Crippen LogP contribution in [0.5, 0.6) is 0 Å². The molecule has 0 saturated carbocycles. The highest BCUT2D eigenvalue weighted by Crippen LogP contribution is 2.23. The van der Waals surface area contributed by atoms with Gasteiger partial charge in [-0.1, -0.05) is 24.2 Å². The van der Waals surface area contributed by atoms with E-state index in [1.165, 1.54) is 11.8 Å². The monoisotopic (exact) mass is 230 g/mol. The Morgan fingerprint density at radius 3 is 2.60 bits per heavy atom. The molecule has 0 radical (unpaired) electrons. The Labute approximate surface area is 92.2 Å². The number of aromatic nitrogens is 2. The van der Waals surface area contributed by atoms with Crippen molar-refractivity contribution in [1.82, 2.24) is 10.3 Å². The summed E-state index contributed by atoms with van der Waals surface area (Å²) >= 11 is 1.35. The summed E-state index contributed by atoms with van der Waals surface area (Å²) in [4.78, 5) is 10.9. The summed E-state index contributed by atoms with van der Waals surface area (Å²) in [6.07, 6.45) is 0. The fraction of sp³-hybridized carbons (Fsp3) is 0.667. The summed E-state index contributed by atoms with van der Waals surface area (Å²) in [5.74, 6) is -0.179. The lowest BCUT2D eigenvalue weighted by molar-refractivity contribution is -0.137. The van der Waals surface area contributed by atoms with Gasteiger partial charge >= 0.3 is 5.97 Å². The molecular weight excluding hydrogens is 216 g/mol. The van der Waals surface area contributed by atoms with Gasteiger partial charge in [-0.15, -0.1) is 11.8 Å². The first-order valence-corrected chi connectivity index (χ1v) is 5.69. The molecular formula is C9H14N2O3S. The van der Waals surface area contributed by atoms with E-state index in [0.29, 0.717) is 11.4 Å². The fourth-order valence-corrected chi connectivity index (χ4v) is 2.22. The Morgan fingerprint density at radius 2 is 2.20 bits per heavy atom. The van der Waals surface area contributed by atoms with Gasteiger partial charge in [0.15, 0.2) is 0 Å². The van der Waals surface area contributed by atoms with E-state index in [-0.39, 0.29) is 5.92 Å². The van der Waals surface area contributed by atoms with Gasteiger partial charge in [0.1, 0.15) is 16.6 Å². The zero-order valence-corrected chi connectivity index (χ0v) is 9.74. The summed E-state index contributed by atoms with van der Waals surface area (Å²) in [6, 6.07) is 0. The number of thioether (sulfide) groups is 1. The molecule has 1 aromatic heterocycles. The standard InChI is InChI=1S/C9H14N2O3S/c1-5(2)8(9(12)13)15-4-7-6(3)10-14-11-7/h5,8H,4H2,1-3H3,(H,12,13). The van der Waals surface area contributed by atoms with Crippen LogP contribution < -0.4 is 0 Å². The van der Waals surface area contributed by atoms with Gasteiger partial charge in [0.25, 0.3) is 0 Å². The van der Waals surface area contributed by atoms with Gasteiger partial charge in [0, 0.05) is 5.75 Å². The van der Waals surface area contributed by atoms with Gasteiger partial charge in [-0.3, -0.25) is 4.79 Å². The van der Waals surface area contributed by atoms with Gasteiger partial charge in [-0.2, -0.15) is 0 Å². The quantitative estimate of drug-likeness (QED) is 0.830. The lowest BCUT2D eigenvalue weighted by Crippen LogP contribution is -2.22. The second-order valence-electron chi connectivity index (χ2n) is 3.61. The lowest BCUT2D eigenvalue weighted by Gasteiger charge is -2.14. The average Bonchev–Trinajstić information content (AvgIpc) is 2.51. The van der Waals surface area contributed by atoms with Crippen LogP contribution in [0.3, 0.4) is 0 Å². The second kappa shape index (κ2) is 5.16. The highest BCUT2D eigenvalue weighted by molar-refractivity contribution is 7.99. The summed E-state index contributed by atoms with van der Waals surface area (Å²) in [5, 5.41) is 15.9. The van der Waals surface area contributed by atoms with Crippen molar-refractivity contribution in [1.29, 1.82) is 0 Å². The van der Waals surface area contributed by atoms with E-state index in [1.807, 2.05) is 13.8 Å². The number of hydrogen-bond donors (Lipinski definition) is 1. The first kappa shape index (κ1) is 12.0. The van der Waals surface area contributed by atoms with E-state index in [2.05, 4.69) is 14.9 Å². The third-order valence-electron chi connectivity index (χ3n) is 1.99. The van der Waals surface area contributed by atoms with Gasteiger partial charge in [-0.05, 0) is 12.8 Å². The predicted octanol–water partition coefficient (Wildman–Crippen LogP) is 1.72. The number of aliphatic carboxylic acids is 1. The molecule has 1 unspecified atom stereocenters. The van der Waals surface area contributed by atoms with Crippen LogP contribution >= 0.6 is 11.8 Å². The highest BCUT2D eigenvalue weighted by Gasteiger charge is 2.22. The first-order valence-electron chi connectivity index (χ1n) is 4.64. The molecule has 0 saturated heterocycles. The number of hydrogen-bond acceptors (Lipinski definition) is 5. The molecule has 0 amide bonds. The number of aryl methyl sites for hydroxylation is 1. The Kier molecular flexibility index (Phi) is 4.14. The summed E-state index contributed by atoms with van der Waals surface area (Å²) in [6.45, 7) is 5.57. The molecule has 0 fully saturated rings. The van der Waals surface area contributed by atoms with Crippen LogP contribution in [0.15, 0.2) is 4.63 Å². The number of nitrogens with zero attached hydrogens (tertiary/aromatic N) is 2. The third-order valence-corrected chi connectivity index (χ3v) is 3.54. The van der Waals surface area contributed by atoms with E-state index in [0.717, 1.165) is 5.69 Å². The van der Waals surface area contributed by atoms with Crippen molar-refractivity contribution in [3.05, 3.63) is 11.4 Å². The van der Waals surface area contributed by atoms with Crippen molar-refractivity contribution in [2.45, 2.75) is 31.8 Å². The van der Waals surface area contributed by atoms with Crippen molar-refractivity contribution in [3.8, 4) is 0 Å². The molecule has 0 bridgehead atoms. The third kappa shape index (κ3) is 3.23. The summed E-state index contributed by atoms with van der Waals surface area (Å²) < 4.78 is 4.54. The predicted molar refractivity (Wildman–Crippen MR) is 56.6 cm³/mol. The maximum atomic E-state index is 10.9. The molecule has 1 aromatic rings. The van der Waals surface area contributed by atoms with Crippen LogP contribution in [-0.4, -0.2) is 26.6 Å². The van der Waals surface area contributed by atoms with Crippen molar-refractivity contribution < 1.29 is 14.5 Å². The molecule has 6 heteroatoms. The molecule has 0 spiro atoms. The maximum absolute atomic E-state index is 10.9. The van der Waals surface area contributed by atoms with Crippen molar-refractivity contribution >= 4 is 17.7 Å².